The molecule has 2 aliphatic rings. The van der Waals surface area contributed by atoms with Crippen LogP contribution in [0, 0.1) is 13.8 Å². The van der Waals surface area contributed by atoms with Gasteiger partial charge in [-0.1, -0.05) is 96.1 Å². The molecule has 9 rings (SSSR count). The van der Waals surface area contributed by atoms with E-state index in [1.54, 1.807) is 0 Å². The molecule has 3 aromatic heterocycles. The number of hydrogen-bond donors (Lipinski definition) is 0. The Balaban J connectivity index is 0.00000142. The molecule has 2 aliphatic heterocycles. The number of fused-ring (bicyclic) bond motifs is 20. The van der Waals surface area contributed by atoms with Crippen LogP contribution in [0.4, 0.5) is 0 Å². The second-order valence-electron chi connectivity index (χ2n) is 10.7. The number of aromatic nitrogens is 8. The van der Waals surface area contributed by atoms with Crippen molar-refractivity contribution in [2.24, 2.45) is 0 Å². The SMILES string of the molecule is Cc1ccc2c3nc4nc(nc5[n-]c(nc6nc(nc([n-]3)c2c1)-c1ccccc1-6)c1ccc(C)cc51)-c1ccccc1-4.[O]=[Ti+2]. The fourth-order valence-electron chi connectivity index (χ4n) is 5.79. The van der Waals surface area contributed by atoms with Crippen LogP contribution < -0.4 is 9.97 Å². The van der Waals surface area contributed by atoms with Crippen molar-refractivity contribution in [2.75, 3.05) is 0 Å². The Morgan fingerprint density at radius 3 is 1.09 bits per heavy atom. The molecule has 4 aromatic carbocycles. The van der Waals surface area contributed by atoms with Gasteiger partial charge in [0.1, 0.15) is 0 Å². The van der Waals surface area contributed by atoms with Crippen LogP contribution in [-0.4, -0.2) is 29.9 Å². The van der Waals surface area contributed by atoms with E-state index >= 15 is 0 Å². The van der Waals surface area contributed by atoms with E-state index in [1.165, 1.54) is 0 Å². The summed E-state index contributed by atoms with van der Waals surface area (Å²) in [4.78, 5) is 39.6. The summed E-state index contributed by atoms with van der Waals surface area (Å²) in [5, 5.41) is 3.62. The molecule has 9 nitrogen and oxygen atoms in total. The van der Waals surface area contributed by atoms with E-state index in [0.29, 0.717) is 45.9 Å². The first-order chi connectivity index (χ1) is 21.6. The van der Waals surface area contributed by atoms with E-state index < -0.39 is 0 Å². The molecule has 0 spiro atoms. The number of benzene rings is 4. The molecule has 0 N–H and O–H groups in total. The average molecular weight is 604 g/mol. The Labute approximate surface area is 262 Å². The molecule has 0 atom stereocenters. The summed E-state index contributed by atoms with van der Waals surface area (Å²) < 4.78 is 8.25. The summed E-state index contributed by atoms with van der Waals surface area (Å²) in [6.45, 7) is 4.12. The van der Waals surface area contributed by atoms with Crippen molar-refractivity contribution < 1.29 is 23.7 Å². The molecule has 0 unspecified atom stereocenters. The summed E-state index contributed by atoms with van der Waals surface area (Å²) in [7, 11) is 0. The van der Waals surface area contributed by atoms with Gasteiger partial charge < -0.3 is 29.9 Å². The second-order valence-corrected chi connectivity index (χ2v) is 10.7. The molecule has 0 amide bonds. The normalized spacial score (nSPS) is 11.6. The molecule has 0 radical (unpaired) electrons. The second kappa shape index (κ2) is 10.2. The van der Waals surface area contributed by atoms with E-state index in [2.05, 4.69) is 38.1 Å². The molecule has 8 bridgehead atoms. The molecule has 5 heterocycles. The molecule has 0 saturated heterocycles. The average Bonchev–Trinajstić information content (AvgIpc) is 3.77. The Hall–Kier alpha value is -5.25. The van der Waals surface area contributed by atoms with Crippen molar-refractivity contribution in [1.82, 2.24) is 39.9 Å². The number of rotatable bonds is 0. The maximum absolute atomic E-state index is 8.25. The zero-order valence-corrected chi connectivity index (χ0v) is 25.1. The van der Waals surface area contributed by atoms with Gasteiger partial charge in [0.25, 0.3) is 0 Å². The Bertz CT molecular complexity index is 2310. The Morgan fingerprint density at radius 2 is 0.750 bits per heavy atom. The summed E-state index contributed by atoms with van der Waals surface area (Å²) in [5.74, 6) is 2.22. The maximum atomic E-state index is 8.25. The molecule has 0 aliphatic carbocycles. The third-order valence-corrected chi connectivity index (χ3v) is 7.83. The Morgan fingerprint density at radius 1 is 0.432 bits per heavy atom. The molecular weight excluding hydrogens is 584 g/mol. The summed E-state index contributed by atoms with van der Waals surface area (Å²) in [5.41, 5.74) is 8.03. The van der Waals surface area contributed by atoms with Crippen LogP contribution in [0.25, 0.3) is 89.7 Å². The predicted octanol–water partition coefficient (Wildman–Crippen LogP) is 6.62. The van der Waals surface area contributed by atoms with Crippen molar-refractivity contribution in [3.05, 3.63) is 96.1 Å². The first-order valence-electron chi connectivity index (χ1n) is 13.9. The summed E-state index contributed by atoms with van der Waals surface area (Å²) in [6.07, 6.45) is 0. The fraction of sp³-hybridized carbons (Fsp3) is 0.0588. The van der Waals surface area contributed by atoms with E-state index in [-0.39, 0.29) is 0 Å². The van der Waals surface area contributed by atoms with Gasteiger partial charge in [-0.3, -0.25) is 0 Å². The summed E-state index contributed by atoms with van der Waals surface area (Å²) >= 11 is 0.750. The van der Waals surface area contributed by atoms with Crippen LogP contribution >= 0.6 is 0 Å². The third kappa shape index (κ3) is 4.12. The van der Waals surface area contributed by atoms with Crippen LogP contribution in [0.15, 0.2) is 84.9 Å². The van der Waals surface area contributed by atoms with E-state index in [0.717, 1.165) is 75.3 Å². The van der Waals surface area contributed by atoms with Crippen LogP contribution in [0.5, 0.6) is 0 Å². The fourth-order valence-corrected chi connectivity index (χ4v) is 5.79. The zero-order chi connectivity index (χ0) is 29.9. The number of nitrogens with zero attached hydrogens (tertiary/aromatic N) is 8. The molecule has 0 fully saturated rings. The first kappa shape index (κ1) is 26.4. The molecule has 10 heteroatoms. The minimum atomic E-state index is 0.555. The van der Waals surface area contributed by atoms with Crippen LogP contribution in [0.2, 0.25) is 0 Å². The Kier molecular flexibility index (Phi) is 6.11. The van der Waals surface area contributed by atoms with Gasteiger partial charge in [-0.25, -0.2) is 9.97 Å². The van der Waals surface area contributed by atoms with Gasteiger partial charge in [0, 0.05) is 44.8 Å². The van der Waals surface area contributed by atoms with E-state index in [4.69, 9.17) is 43.2 Å². The molecular formula is C34H20N8OTi. The topological polar surface area (TPSA) is 123 Å². The van der Waals surface area contributed by atoms with Crippen molar-refractivity contribution in [2.45, 2.75) is 13.8 Å². The predicted molar refractivity (Wildman–Crippen MR) is 164 cm³/mol. The summed E-state index contributed by atoms with van der Waals surface area (Å²) in [6, 6.07) is 28.4. The van der Waals surface area contributed by atoms with Crippen LogP contribution in [0.3, 0.4) is 0 Å². The standard InChI is InChI=1S/C34H20N8.O.Ti/c1-17-11-13-23-25(15-17)33-39-29-21-9-5-3-7-19(21)28(35-29)38-32-24-14-12-18(2)16-26(24)34(42-32)40-30-22-10-6-4-8-20(22)27(36-30)37-31(23)41-33;;/h3-16H,1-2H3;;/q-2;;+2. The van der Waals surface area contributed by atoms with Gasteiger partial charge in [-0.15, -0.1) is 0 Å². The molecule has 0 saturated carbocycles. The van der Waals surface area contributed by atoms with Gasteiger partial charge in [-0.2, -0.15) is 0 Å². The van der Waals surface area contributed by atoms with Crippen molar-refractivity contribution in [3.63, 3.8) is 0 Å². The zero-order valence-electron chi connectivity index (χ0n) is 23.6. The third-order valence-electron chi connectivity index (χ3n) is 7.83. The van der Waals surface area contributed by atoms with E-state index in [1.807, 2.05) is 60.7 Å². The number of aryl methyl sites for hydroxylation is 2. The molecule has 7 aromatic rings. The van der Waals surface area contributed by atoms with Crippen molar-refractivity contribution >= 4 is 44.1 Å². The minimum absolute atomic E-state index is 0.555. The van der Waals surface area contributed by atoms with Gasteiger partial charge in [0.2, 0.25) is 0 Å². The quantitative estimate of drug-likeness (QED) is 0.176. The van der Waals surface area contributed by atoms with Gasteiger partial charge in [-0.05, 0) is 35.4 Å². The van der Waals surface area contributed by atoms with E-state index in [9.17, 15) is 0 Å². The number of hydrogen-bond acceptors (Lipinski definition) is 7. The van der Waals surface area contributed by atoms with Crippen molar-refractivity contribution in [1.29, 1.82) is 0 Å². The molecule has 206 valence electrons. The van der Waals surface area contributed by atoms with Gasteiger partial charge in [0.05, 0.1) is 23.3 Å². The first-order valence-corrected chi connectivity index (χ1v) is 14.6. The van der Waals surface area contributed by atoms with Gasteiger partial charge >= 0.3 is 23.7 Å². The van der Waals surface area contributed by atoms with Gasteiger partial charge in [0.15, 0.2) is 0 Å². The van der Waals surface area contributed by atoms with Crippen LogP contribution in [-0.2, 0) is 23.7 Å². The molecule has 44 heavy (non-hydrogen) atoms. The van der Waals surface area contributed by atoms with Crippen molar-refractivity contribution in [3.8, 4) is 45.6 Å². The monoisotopic (exact) mass is 604 g/mol. The van der Waals surface area contributed by atoms with Crippen LogP contribution in [0.1, 0.15) is 11.1 Å².